The highest BCUT2D eigenvalue weighted by atomic mass is 16.5. The van der Waals surface area contributed by atoms with Gasteiger partial charge in [0.15, 0.2) is 0 Å². The first-order valence-electron chi connectivity index (χ1n) is 8.34. The van der Waals surface area contributed by atoms with E-state index < -0.39 is 0 Å². The van der Waals surface area contributed by atoms with Gasteiger partial charge in [0.1, 0.15) is 5.75 Å². The number of nitrogens with zero attached hydrogens (tertiary/aromatic N) is 2. The van der Waals surface area contributed by atoms with E-state index in [-0.39, 0.29) is 11.8 Å². The van der Waals surface area contributed by atoms with Gasteiger partial charge in [0.05, 0.1) is 25.1 Å². The van der Waals surface area contributed by atoms with Crippen molar-refractivity contribution in [2.75, 3.05) is 31.6 Å². The van der Waals surface area contributed by atoms with E-state index in [1.54, 1.807) is 11.9 Å². The maximum Gasteiger partial charge on any atom is 0.230 e. The third-order valence-electron chi connectivity index (χ3n) is 4.82. The zero-order valence-electron chi connectivity index (χ0n) is 13.9. The van der Waals surface area contributed by atoms with E-state index in [2.05, 4.69) is 6.92 Å². The maximum absolute atomic E-state index is 12.5. The Bertz CT molecular complexity index is 606. The van der Waals surface area contributed by atoms with Gasteiger partial charge in [-0.25, -0.2) is 0 Å². The van der Waals surface area contributed by atoms with Crippen molar-refractivity contribution >= 4 is 17.5 Å². The SMILES string of the molecule is CC1CCN(C(=O)Cc2ccc3c(c2)N(C)C(=O)CCO3)CC1. The highest BCUT2D eigenvalue weighted by Gasteiger charge is 2.23. The molecule has 0 atom stereocenters. The molecule has 0 spiro atoms. The molecule has 1 aromatic carbocycles. The van der Waals surface area contributed by atoms with Gasteiger partial charge in [0.2, 0.25) is 11.8 Å². The molecule has 0 unspecified atom stereocenters. The average Bonchev–Trinajstić information content (AvgIpc) is 2.68. The fraction of sp³-hybridized carbons (Fsp3) is 0.556. The third kappa shape index (κ3) is 3.49. The Kier molecular flexibility index (Phi) is 4.55. The van der Waals surface area contributed by atoms with Gasteiger partial charge in [0.25, 0.3) is 0 Å². The van der Waals surface area contributed by atoms with Crippen molar-refractivity contribution in [1.82, 2.24) is 4.90 Å². The lowest BCUT2D eigenvalue weighted by Gasteiger charge is -2.30. The van der Waals surface area contributed by atoms with Crippen molar-refractivity contribution in [3.05, 3.63) is 23.8 Å². The molecule has 23 heavy (non-hydrogen) atoms. The number of carbonyl (C=O) groups excluding carboxylic acids is 2. The number of ether oxygens (including phenoxy) is 1. The zero-order valence-corrected chi connectivity index (χ0v) is 13.9. The summed E-state index contributed by atoms with van der Waals surface area (Å²) in [7, 11) is 1.76. The number of fused-ring (bicyclic) bond motifs is 1. The van der Waals surface area contributed by atoms with Gasteiger partial charge < -0.3 is 14.5 Å². The van der Waals surface area contributed by atoms with Crippen LogP contribution in [-0.4, -0.2) is 43.5 Å². The summed E-state index contributed by atoms with van der Waals surface area (Å²) in [4.78, 5) is 28.0. The Morgan fingerprint density at radius 3 is 2.78 bits per heavy atom. The first kappa shape index (κ1) is 15.8. The fourth-order valence-electron chi connectivity index (χ4n) is 3.15. The van der Waals surface area contributed by atoms with Crippen LogP contribution in [0.4, 0.5) is 5.69 Å². The Morgan fingerprint density at radius 1 is 1.30 bits per heavy atom. The minimum atomic E-state index is 0.0391. The number of anilines is 1. The topological polar surface area (TPSA) is 49.9 Å². The molecular weight excluding hydrogens is 292 g/mol. The normalized spacial score (nSPS) is 19.1. The lowest BCUT2D eigenvalue weighted by molar-refractivity contribution is -0.131. The predicted octanol–water partition coefficient (Wildman–Crippen LogP) is 2.23. The summed E-state index contributed by atoms with van der Waals surface area (Å²) in [6.07, 6.45) is 2.93. The summed E-state index contributed by atoms with van der Waals surface area (Å²) in [5, 5.41) is 0. The number of hydrogen-bond acceptors (Lipinski definition) is 3. The van der Waals surface area contributed by atoms with Gasteiger partial charge in [-0.15, -0.1) is 0 Å². The van der Waals surface area contributed by atoms with Crippen molar-refractivity contribution in [3.8, 4) is 5.75 Å². The molecule has 0 aromatic heterocycles. The number of likely N-dealkylation sites (tertiary alicyclic amines) is 1. The van der Waals surface area contributed by atoms with Crippen molar-refractivity contribution in [2.45, 2.75) is 32.6 Å². The molecule has 2 amide bonds. The number of piperidine rings is 1. The van der Waals surface area contributed by atoms with E-state index in [0.717, 1.165) is 37.2 Å². The Balaban J connectivity index is 1.73. The smallest absolute Gasteiger partial charge is 0.230 e. The number of carbonyl (C=O) groups is 2. The van der Waals surface area contributed by atoms with Crippen LogP contribution in [0.5, 0.6) is 5.75 Å². The van der Waals surface area contributed by atoms with Gasteiger partial charge in [0, 0.05) is 20.1 Å². The van der Waals surface area contributed by atoms with Crippen LogP contribution in [0, 0.1) is 5.92 Å². The molecule has 2 aliphatic rings. The Morgan fingerprint density at radius 2 is 2.04 bits per heavy atom. The van der Waals surface area contributed by atoms with E-state index in [9.17, 15) is 9.59 Å². The van der Waals surface area contributed by atoms with Crippen LogP contribution in [0.2, 0.25) is 0 Å². The summed E-state index contributed by atoms with van der Waals surface area (Å²) < 4.78 is 5.62. The second-order valence-electron chi connectivity index (χ2n) is 6.59. The molecule has 1 saturated heterocycles. The highest BCUT2D eigenvalue weighted by molar-refractivity contribution is 5.95. The van der Waals surface area contributed by atoms with Gasteiger partial charge in [-0.3, -0.25) is 9.59 Å². The van der Waals surface area contributed by atoms with Gasteiger partial charge in [-0.05, 0) is 36.5 Å². The van der Waals surface area contributed by atoms with E-state index >= 15 is 0 Å². The molecule has 5 heteroatoms. The summed E-state index contributed by atoms with van der Waals surface area (Å²) in [5.74, 6) is 1.63. The van der Waals surface area contributed by atoms with Crippen molar-refractivity contribution in [1.29, 1.82) is 0 Å². The highest BCUT2D eigenvalue weighted by Crippen LogP contribution is 2.31. The summed E-state index contributed by atoms with van der Waals surface area (Å²) in [6.45, 7) is 4.35. The number of amides is 2. The summed E-state index contributed by atoms with van der Waals surface area (Å²) in [6, 6.07) is 5.70. The summed E-state index contributed by atoms with van der Waals surface area (Å²) >= 11 is 0. The Hall–Kier alpha value is -2.04. The standard InChI is InChI=1S/C18H24N2O3/c1-13-5-8-20(9-6-13)18(22)12-14-3-4-16-15(11-14)19(2)17(21)7-10-23-16/h3-4,11,13H,5-10,12H2,1-2H3. The second kappa shape index (κ2) is 6.60. The maximum atomic E-state index is 12.5. The van der Waals surface area contributed by atoms with Crippen LogP contribution in [0.15, 0.2) is 18.2 Å². The van der Waals surface area contributed by atoms with Gasteiger partial charge in [-0.2, -0.15) is 0 Å². The minimum absolute atomic E-state index is 0.0391. The molecule has 0 radical (unpaired) electrons. The largest absolute Gasteiger partial charge is 0.491 e. The molecule has 5 nitrogen and oxygen atoms in total. The van der Waals surface area contributed by atoms with E-state index in [1.807, 2.05) is 23.1 Å². The van der Waals surface area contributed by atoms with Crippen LogP contribution >= 0.6 is 0 Å². The van der Waals surface area contributed by atoms with Crippen LogP contribution in [0.3, 0.4) is 0 Å². The molecule has 2 heterocycles. The first-order valence-corrected chi connectivity index (χ1v) is 8.34. The molecule has 0 aliphatic carbocycles. The molecule has 0 saturated carbocycles. The van der Waals surface area contributed by atoms with Crippen LogP contribution < -0.4 is 9.64 Å². The van der Waals surface area contributed by atoms with Crippen LogP contribution in [-0.2, 0) is 16.0 Å². The van der Waals surface area contributed by atoms with Crippen LogP contribution in [0.25, 0.3) is 0 Å². The molecule has 1 aromatic rings. The molecule has 124 valence electrons. The lowest BCUT2D eigenvalue weighted by atomic mass is 9.98. The molecular formula is C18H24N2O3. The second-order valence-corrected chi connectivity index (χ2v) is 6.59. The van der Waals surface area contributed by atoms with Crippen molar-refractivity contribution in [3.63, 3.8) is 0 Å². The number of rotatable bonds is 2. The monoisotopic (exact) mass is 316 g/mol. The van der Waals surface area contributed by atoms with E-state index in [1.165, 1.54) is 0 Å². The Labute approximate surface area is 137 Å². The fourth-order valence-corrected chi connectivity index (χ4v) is 3.15. The zero-order chi connectivity index (χ0) is 16.4. The quantitative estimate of drug-likeness (QED) is 0.841. The van der Waals surface area contributed by atoms with E-state index in [4.69, 9.17) is 4.74 Å². The average molecular weight is 316 g/mol. The van der Waals surface area contributed by atoms with Crippen LogP contribution in [0.1, 0.15) is 31.7 Å². The third-order valence-corrected chi connectivity index (χ3v) is 4.82. The molecule has 0 N–H and O–H groups in total. The first-order chi connectivity index (χ1) is 11.0. The molecule has 3 rings (SSSR count). The number of hydrogen-bond donors (Lipinski definition) is 0. The van der Waals surface area contributed by atoms with Crippen molar-refractivity contribution in [2.24, 2.45) is 5.92 Å². The van der Waals surface area contributed by atoms with E-state index in [0.29, 0.717) is 31.1 Å². The lowest BCUT2D eigenvalue weighted by Crippen LogP contribution is -2.38. The van der Waals surface area contributed by atoms with Gasteiger partial charge in [-0.1, -0.05) is 13.0 Å². The molecule has 2 aliphatic heterocycles. The molecule has 0 bridgehead atoms. The predicted molar refractivity (Wildman–Crippen MR) is 88.6 cm³/mol. The summed E-state index contributed by atoms with van der Waals surface area (Å²) in [5.41, 5.74) is 1.68. The van der Waals surface area contributed by atoms with Crippen molar-refractivity contribution < 1.29 is 14.3 Å². The molecule has 1 fully saturated rings. The van der Waals surface area contributed by atoms with Gasteiger partial charge >= 0.3 is 0 Å². The number of benzene rings is 1. The minimum Gasteiger partial charge on any atom is -0.491 e.